The van der Waals surface area contributed by atoms with Crippen molar-refractivity contribution in [3.63, 3.8) is 0 Å². The van der Waals surface area contributed by atoms with Gasteiger partial charge in [-0.3, -0.25) is 30.0 Å². The topological polar surface area (TPSA) is 113 Å². The first-order chi connectivity index (χ1) is 16.4. The Bertz CT molecular complexity index is 1520. The molecular formula is C25H21N5O4. The van der Waals surface area contributed by atoms with Gasteiger partial charge in [0.15, 0.2) is 5.69 Å². The fourth-order valence-electron chi connectivity index (χ4n) is 4.31. The second kappa shape index (κ2) is 8.43. The van der Waals surface area contributed by atoms with Gasteiger partial charge in [-0.05, 0) is 17.5 Å². The Morgan fingerprint density at radius 3 is 2.35 bits per heavy atom. The van der Waals surface area contributed by atoms with Crippen LogP contribution in [0.25, 0.3) is 21.5 Å². The van der Waals surface area contributed by atoms with Crippen molar-refractivity contribution in [2.24, 2.45) is 13.0 Å². The number of rotatable bonds is 3. The van der Waals surface area contributed by atoms with E-state index in [2.05, 4.69) is 16.0 Å². The van der Waals surface area contributed by atoms with E-state index in [9.17, 15) is 19.2 Å². The van der Waals surface area contributed by atoms with Crippen LogP contribution in [0.3, 0.4) is 0 Å². The molecule has 170 valence electrons. The molecule has 3 amide bonds. The molecular weight excluding hydrogens is 434 g/mol. The van der Waals surface area contributed by atoms with Crippen LogP contribution in [-0.2, 0) is 16.6 Å². The van der Waals surface area contributed by atoms with Gasteiger partial charge in [0.25, 0.3) is 11.5 Å². The molecule has 9 heteroatoms. The van der Waals surface area contributed by atoms with Gasteiger partial charge in [0.2, 0.25) is 11.8 Å². The number of aromatic nitrogens is 2. The van der Waals surface area contributed by atoms with Gasteiger partial charge in [0.1, 0.15) is 0 Å². The maximum absolute atomic E-state index is 12.8. The van der Waals surface area contributed by atoms with Crippen LogP contribution in [0.4, 0.5) is 5.69 Å². The minimum atomic E-state index is -0.657. The summed E-state index contributed by atoms with van der Waals surface area (Å²) in [5, 5.41) is 6.72. The maximum Gasteiger partial charge on any atom is 0.290 e. The van der Waals surface area contributed by atoms with Crippen molar-refractivity contribution in [2.75, 3.05) is 11.4 Å². The van der Waals surface area contributed by atoms with E-state index >= 15 is 0 Å². The number of aryl methyl sites for hydroxylation is 1. The predicted molar refractivity (Wildman–Crippen MR) is 127 cm³/mol. The van der Waals surface area contributed by atoms with E-state index in [1.54, 1.807) is 29.2 Å². The lowest BCUT2D eigenvalue weighted by atomic mass is 10.1. The van der Waals surface area contributed by atoms with Crippen LogP contribution in [0.1, 0.15) is 16.9 Å². The molecule has 0 bridgehead atoms. The molecule has 0 radical (unpaired) electrons. The van der Waals surface area contributed by atoms with Crippen LogP contribution in [-0.4, -0.2) is 34.0 Å². The van der Waals surface area contributed by atoms with Crippen molar-refractivity contribution in [1.29, 1.82) is 0 Å². The third-order valence-corrected chi connectivity index (χ3v) is 6.02. The van der Waals surface area contributed by atoms with Crippen molar-refractivity contribution >= 4 is 45.0 Å². The first-order valence-electron chi connectivity index (χ1n) is 10.8. The van der Waals surface area contributed by atoms with Gasteiger partial charge < -0.3 is 4.90 Å². The molecule has 1 atom stereocenters. The van der Waals surface area contributed by atoms with Crippen LogP contribution >= 0.6 is 0 Å². The van der Waals surface area contributed by atoms with Crippen molar-refractivity contribution in [3.8, 4) is 0 Å². The summed E-state index contributed by atoms with van der Waals surface area (Å²) in [6.45, 7) is 0.204. The molecule has 1 aliphatic heterocycles. The first-order valence-corrected chi connectivity index (χ1v) is 10.8. The monoisotopic (exact) mass is 455 g/mol. The summed E-state index contributed by atoms with van der Waals surface area (Å²) in [7, 11) is 1.45. The SMILES string of the molecule is Cn1nc(C(=O)NNC(=O)C2CC(=O)N(c3cccc4ccccc34)C2)c2ccccc2c1=O. The molecule has 9 nitrogen and oxygen atoms in total. The fourth-order valence-corrected chi connectivity index (χ4v) is 4.31. The Morgan fingerprint density at radius 2 is 1.56 bits per heavy atom. The Morgan fingerprint density at radius 1 is 0.882 bits per heavy atom. The third kappa shape index (κ3) is 3.66. The maximum atomic E-state index is 12.8. The number of carbonyl (C=O) groups excluding carboxylic acids is 3. The van der Waals surface area contributed by atoms with Gasteiger partial charge >= 0.3 is 0 Å². The Hall–Kier alpha value is -4.53. The average molecular weight is 455 g/mol. The van der Waals surface area contributed by atoms with Crippen molar-refractivity contribution in [1.82, 2.24) is 20.6 Å². The van der Waals surface area contributed by atoms with E-state index < -0.39 is 17.7 Å². The quantitative estimate of drug-likeness (QED) is 0.458. The number of benzene rings is 3. The number of hydrogen-bond donors (Lipinski definition) is 2. The van der Waals surface area contributed by atoms with Crippen LogP contribution in [0, 0.1) is 5.92 Å². The van der Waals surface area contributed by atoms with Gasteiger partial charge in [-0.1, -0.05) is 54.6 Å². The molecule has 0 spiro atoms. The minimum absolute atomic E-state index is 0.0119. The van der Waals surface area contributed by atoms with Crippen LogP contribution in [0.2, 0.25) is 0 Å². The molecule has 1 aromatic heterocycles. The zero-order valence-electron chi connectivity index (χ0n) is 18.3. The summed E-state index contributed by atoms with van der Waals surface area (Å²) in [6.07, 6.45) is 0.0337. The average Bonchev–Trinajstić information content (AvgIpc) is 3.25. The molecule has 2 N–H and O–H groups in total. The standard InChI is InChI=1S/C25H21N5O4/c1-29-25(34)19-11-5-4-10-18(19)22(28-29)24(33)27-26-23(32)16-13-21(31)30(14-16)20-12-6-8-15-7-2-3-9-17(15)20/h2-12,16H,13-14H2,1H3,(H,26,32)(H,27,33). The number of nitrogens with one attached hydrogen (secondary N) is 2. The zero-order valence-corrected chi connectivity index (χ0v) is 18.3. The largest absolute Gasteiger partial charge is 0.311 e. The van der Waals surface area contributed by atoms with Gasteiger partial charge in [-0.2, -0.15) is 5.10 Å². The highest BCUT2D eigenvalue weighted by molar-refractivity contribution is 6.08. The van der Waals surface area contributed by atoms with Crippen molar-refractivity contribution in [2.45, 2.75) is 6.42 Å². The smallest absolute Gasteiger partial charge is 0.290 e. The van der Waals surface area contributed by atoms with E-state index in [1.165, 1.54) is 7.05 Å². The van der Waals surface area contributed by atoms with Crippen LogP contribution < -0.4 is 21.3 Å². The summed E-state index contributed by atoms with van der Waals surface area (Å²) in [6, 6.07) is 20.1. The van der Waals surface area contributed by atoms with Crippen molar-refractivity contribution in [3.05, 3.63) is 82.8 Å². The summed E-state index contributed by atoms with van der Waals surface area (Å²) >= 11 is 0. The Kier molecular flexibility index (Phi) is 5.29. The molecule has 1 saturated heterocycles. The first kappa shape index (κ1) is 21.3. The van der Waals surface area contributed by atoms with E-state index in [-0.39, 0.29) is 30.1 Å². The van der Waals surface area contributed by atoms with E-state index in [0.29, 0.717) is 10.8 Å². The van der Waals surface area contributed by atoms with Gasteiger partial charge in [0, 0.05) is 30.8 Å². The van der Waals surface area contributed by atoms with E-state index in [1.807, 2.05) is 42.5 Å². The number of hydrogen-bond acceptors (Lipinski definition) is 5. The minimum Gasteiger partial charge on any atom is -0.311 e. The van der Waals surface area contributed by atoms with E-state index in [4.69, 9.17) is 0 Å². The lowest BCUT2D eigenvalue weighted by Gasteiger charge is -2.19. The fraction of sp³-hybridized carbons (Fsp3) is 0.160. The third-order valence-electron chi connectivity index (χ3n) is 6.02. The normalized spacial score (nSPS) is 15.6. The summed E-state index contributed by atoms with van der Waals surface area (Å²) in [5.41, 5.74) is 5.21. The van der Waals surface area contributed by atoms with Gasteiger partial charge in [0.05, 0.1) is 17.0 Å². The Labute approximate surface area is 193 Å². The molecule has 1 aliphatic rings. The predicted octanol–water partition coefficient (Wildman–Crippen LogP) is 1.90. The van der Waals surface area contributed by atoms with Gasteiger partial charge in [-0.25, -0.2) is 4.68 Å². The van der Waals surface area contributed by atoms with Gasteiger partial charge in [-0.15, -0.1) is 0 Å². The summed E-state index contributed by atoms with van der Waals surface area (Å²) in [4.78, 5) is 52.1. The lowest BCUT2D eigenvalue weighted by molar-refractivity contribution is -0.126. The molecule has 1 fully saturated rings. The molecule has 2 heterocycles. The molecule has 34 heavy (non-hydrogen) atoms. The summed E-state index contributed by atoms with van der Waals surface area (Å²) < 4.78 is 1.08. The number of hydrazine groups is 1. The molecule has 3 aromatic carbocycles. The molecule has 1 unspecified atom stereocenters. The van der Waals surface area contributed by atoms with E-state index in [0.717, 1.165) is 21.1 Å². The highest BCUT2D eigenvalue weighted by Gasteiger charge is 2.36. The van der Waals surface area contributed by atoms with Crippen LogP contribution in [0.5, 0.6) is 0 Å². The molecule has 0 aliphatic carbocycles. The number of nitrogens with zero attached hydrogens (tertiary/aromatic N) is 3. The molecule has 5 rings (SSSR count). The number of anilines is 1. The second-order valence-electron chi connectivity index (χ2n) is 8.17. The molecule has 0 saturated carbocycles. The summed E-state index contributed by atoms with van der Waals surface area (Å²) in [5.74, 6) is -1.92. The number of carbonyl (C=O) groups is 3. The van der Waals surface area contributed by atoms with Crippen LogP contribution in [0.15, 0.2) is 71.5 Å². The second-order valence-corrected chi connectivity index (χ2v) is 8.17. The molecule has 4 aromatic rings. The van der Waals surface area contributed by atoms with Crippen molar-refractivity contribution < 1.29 is 14.4 Å². The number of fused-ring (bicyclic) bond motifs is 2. The number of amides is 3. The lowest BCUT2D eigenvalue weighted by Crippen LogP contribution is -2.45. The Balaban J connectivity index is 1.31. The zero-order chi connectivity index (χ0) is 23.8. The highest BCUT2D eigenvalue weighted by atomic mass is 16.2. The highest BCUT2D eigenvalue weighted by Crippen LogP contribution is 2.31.